The second kappa shape index (κ2) is 8.03. The van der Waals surface area contributed by atoms with Crippen molar-refractivity contribution in [3.8, 4) is 5.75 Å². The second-order valence-corrected chi connectivity index (χ2v) is 6.37. The highest BCUT2D eigenvalue weighted by Crippen LogP contribution is 2.20. The van der Waals surface area contributed by atoms with Crippen LogP contribution in [0.2, 0.25) is 0 Å². The number of benzene rings is 2. The Hall–Kier alpha value is -3.15. The zero-order valence-corrected chi connectivity index (χ0v) is 15.7. The van der Waals surface area contributed by atoms with Gasteiger partial charge in [-0.1, -0.05) is 31.2 Å². The SMILES string of the molecule is CCC(NC(=O)Cn1c(C)nc2ccccc2c1=O)c1ccc(OC)cc1. The molecule has 0 saturated carbocycles. The number of methoxy groups -OCH3 is 1. The van der Waals surface area contributed by atoms with E-state index in [0.717, 1.165) is 17.7 Å². The van der Waals surface area contributed by atoms with Crippen molar-refractivity contribution in [2.45, 2.75) is 32.9 Å². The van der Waals surface area contributed by atoms with Crippen LogP contribution in [0.3, 0.4) is 0 Å². The molecule has 0 aliphatic carbocycles. The molecule has 0 saturated heterocycles. The van der Waals surface area contributed by atoms with E-state index in [4.69, 9.17) is 4.74 Å². The number of para-hydroxylation sites is 1. The predicted octanol–water partition coefficient (Wildman–Crippen LogP) is 2.98. The number of carbonyl (C=O) groups excluding carboxylic acids is 1. The first-order valence-electron chi connectivity index (χ1n) is 8.93. The van der Waals surface area contributed by atoms with Crippen LogP contribution in [0, 0.1) is 6.92 Å². The highest BCUT2D eigenvalue weighted by Gasteiger charge is 2.16. The van der Waals surface area contributed by atoms with Gasteiger partial charge >= 0.3 is 0 Å². The Morgan fingerprint density at radius 3 is 2.56 bits per heavy atom. The summed E-state index contributed by atoms with van der Waals surface area (Å²) in [5.41, 5.74) is 1.43. The summed E-state index contributed by atoms with van der Waals surface area (Å²) in [6.07, 6.45) is 0.738. The van der Waals surface area contributed by atoms with E-state index >= 15 is 0 Å². The molecular weight excluding hydrogens is 342 g/mol. The number of aromatic nitrogens is 2. The van der Waals surface area contributed by atoms with Crippen molar-refractivity contribution in [2.75, 3.05) is 7.11 Å². The third-order valence-corrected chi connectivity index (χ3v) is 4.62. The first-order chi connectivity index (χ1) is 13.0. The molecule has 0 radical (unpaired) electrons. The number of aryl methyl sites for hydroxylation is 1. The van der Waals surface area contributed by atoms with E-state index in [1.54, 1.807) is 32.2 Å². The molecule has 2 aromatic carbocycles. The molecule has 1 heterocycles. The van der Waals surface area contributed by atoms with Crippen molar-refractivity contribution in [2.24, 2.45) is 0 Å². The number of rotatable bonds is 6. The largest absolute Gasteiger partial charge is 0.497 e. The Morgan fingerprint density at radius 1 is 1.19 bits per heavy atom. The fraction of sp³-hybridized carbons (Fsp3) is 0.286. The monoisotopic (exact) mass is 365 g/mol. The predicted molar refractivity (Wildman–Crippen MR) is 105 cm³/mol. The van der Waals surface area contributed by atoms with E-state index in [9.17, 15) is 9.59 Å². The Kier molecular flexibility index (Phi) is 5.54. The van der Waals surface area contributed by atoms with Gasteiger partial charge in [0.1, 0.15) is 18.1 Å². The van der Waals surface area contributed by atoms with Crippen molar-refractivity contribution in [1.82, 2.24) is 14.9 Å². The third kappa shape index (κ3) is 4.00. The van der Waals surface area contributed by atoms with Crippen molar-refractivity contribution in [1.29, 1.82) is 0 Å². The van der Waals surface area contributed by atoms with Gasteiger partial charge in [0, 0.05) is 0 Å². The molecule has 0 aliphatic rings. The molecule has 0 fully saturated rings. The molecule has 140 valence electrons. The molecule has 27 heavy (non-hydrogen) atoms. The summed E-state index contributed by atoms with van der Waals surface area (Å²) < 4.78 is 6.59. The van der Waals surface area contributed by atoms with Gasteiger partial charge in [0.25, 0.3) is 5.56 Å². The first-order valence-corrected chi connectivity index (χ1v) is 8.93. The molecule has 1 atom stereocenters. The lowest BCUT2D eigenvalue weighted by atomic mass is 10.0. The highest BCUT2D eigenvalue weighted by molar-refractivity contribution is 5.79. The van der Waals surface area contributed by atoms with Gasteiger partial charge in [-0.25, -0.2) is 4.98 Å². The lowest BCUT2D eigenvalue weighted by molar-refractivity contribution is -0.122. The summed E-state index contributed by atoms with van der Waals surface area (Å²) in [5, 5.41) is 3.52. The highest BCUT2D eigenvalue weighted by atomic mass is 16.5. The maximum absolute atomic E-state index is 12.7. The van der Waals surface area contributed by atoms with Gasteiger partial charge in [-0.3, -0.25) is 14.2 Å². The molecule has 3 aromatic rings. The lowest BCUT2D eigenvalue weighted by Gasteiger charge is -2.19. The molecule has 1 N–H and O–H groups in total. The Labute approximate surface area is 157 Å². The zero-order chi connectivity index (χ0) is 19.4. The molecular formula is C21H23N3O3. The van der Waals surface area contributed by atoms with Crippen LogP contribution in [-0.4, -0.2) is 22.6 Å². The molecule has 6 nitrogen and oxygen atoms in total. The molecule has 6 heteroatoms. The minimum atomic E-state index is -0.222. The van der Waals surface area contributed by atoms with Crippen LogP contribution in [-0.2, 0) is 11.3 Å². The third-order valence-electron chi connectivity index (χ3n) is 4.62. The summed E-state index contributed by atoms with van der Waals surface area (Å²) in [6.45, 7) is 3.68. The lowest BCUT2D eigenvalue weighted by Crippen LogP contribution is -2.35. The van der Waals surface area contributed by atoms with Gasteiger partial charge in [0.05, 0.1) is 24.1 Å². The van der Waals surface area contributed by atoms with E-state index in [1.807, 2.05) is 37.3 Å². The van der Waals surface area contributed by atoms with Crippen LogP contribution in [0.5, 0.6) is 5.75 Å². The molecule has 1 amide bonds. The Morgan fingerprint density at radius 2 is 1.89 bits per heavy atom. The number of ether oxygens (including phenoxy) is 1. The molecule has 1 unspecified atom stereocenters. The Bertz CT molecular complexity index is 1010. The summed E-state index contributed by atoms with van der Waals surface area (Å²) >= 11 is 0. The minimum Gasteiger partial charge on any atom is -0.497 e. The van der Waals surface area contributed by atoms with Crippen molar-refractivity contribution < 1.29 is 9.53 Å². The van der Waals surface area contributed by atoms with Crippen molar-refractivity contribution >= 4 is 16.8 Å². The smallest absolute Gasteiger partial charge is 0.261 e. The number of nitrogens with zero attached hydrogens (tertiary/aromatic N) is 2. The number of hydrogen-bond acceptors (Lipinski definition) is 4. The number of fused-ring (bicyclic) bond motifs is 1. The normalized spacial score (nSPS) is 12.0. The van der Waals surface area contributed by atoms with E-state index in [1.165, 1.54) is 4.57 Å². The topological polar surface area (TPSA) is 73.2 Å². The van der Waals surface area contributed by atoms with Gasteiger partial charge in [0.2, 0.25) is 5.91 Å². The summed E-state index contributed by atoms with van der Waals surface area (Å²) in [5.74, 6) is 1.07. The van der Waals surface area contributed by atoms with E-state index in [-0.39, 0.29) is 24.1 Å². The van der Waals surface area contributed by atoms with E-state index in [0.29, 0.717) is 16.7 Å². The van der Waals surface area contributed by atoms with Gasteiger partial charge in [-0.15, -0.1) is 0 Å². The molecule has 0 aliphatic heterocycles. The quantitative estimate of drug-likeness (QED) is 0.729. The van der Waals surface area contributed by atoms with Gasteiger partial charge in [0.15, 0.2) is 0 Å². The number of nitrogens with one attached hydrogen (secondary N) is 1. The van der Waals surface area contributed by atoms with Crippen molar-refractivity contribution in [3.05, 3.63) is 70.3 Å². The first kappa shape index (κ1) is 18.6. The summed E-state index contributed by atoms with van der Waals surface area (Å²) in [7, 11) is 1.62. The van der Waals surface area contributed by atoms with E-state index in [2.05, 4.69) is 10.3 Å². The van der Waals surface area contributed by atoms with Crippen molar-refractivity contribution in [3.63, 3.8) is 0 Å². The average Bonchev–Trinajstić information content (AvgIpc) is 2.69. The molecule has 0 spiro atoms. The minimum absolute atomic E-state index is 0.0604. The van der Waals surface area contributed by atoms with Gasteiger partial charge in [-0.2, -0.15) is 0 Å². The molecule has 0 bridgehead atoms. The van der Waals surface area contributed by atoms with Gasteiger partial charge < -0.3 is 10.1 Å². The number of carbonyl (C=O) groups is 1. The van der Waals surface area contributed by atoms with Crippen LogP contribution in [0.4, 0.5) is 0 Å². The maximum Gasteiger partial charge on any atom is 0.261 e. The standard InChI is InChI=1S/C21H23N3O3/c1-4-18(15-9-11-16(27-3)12-10-15)23-20(25)13-24-14(2)22-19-8-6-5-7-17(19)21(24)26/h5-12,18H,4,13H2,1-3H3,(H,23,25). The summed E-state index contributed by atoms with van der Waals surface area (Å²) in [6, 6.07) is 14.6. The van der Waals surface area contributed by atoms with Crippen LogP contribution >= 0.6 is 0 Å². The molecule has 1 aromatic heterocycles. The van der Waals surface area contributed by atoms with Crippen LogP contribution in [0.25, 0.3) is 10.9 Å². The maximum atomic E-state index is 12.7. The zero-order valence-electron chi connectivity index (χ0n) is 15.7. The fourth-order valence-electron chi connectivity index (χ4n) is 3.11. The van der Waals surface area contributed by atoms with Gasteiger partial charge in [-0.05, 0) is 43.2 Å². The number of hydrogen-bond donors (Lipinski definition) is 1. The van der Waals surface area contributed by atoms with Crippen LogP contribution in [0.1, 0.15) is 30.8 Å². The summed E-state index contributed by atoms with van der Waals surface area (Å²) in [4.78, 5) is 29.7. The molecule has 3 rings (SSSR count). The fourth-order valence-corrected chi connectivity index (χ4v) is 3.11. The second-order valence-electron chi connectivity index (χ2n) is 6.37. The Balaban J connectivity index is 1.80. The van der Waals surface area contributed by atoms with Crippen LogP contribution < -0.4 is 15.6 Å². The van der Waals surface area contributed by atoms with Crippen LogP contribution in [0.15, 0.2) is 53.3 Å². The number of amides is 1. The average molecular weight is 365 g/mol. The van der Waals surface area contributed by atoms with E-state index < -0.39 is 0 Å².